The van der Waals surface area contributed by atoms with Gasteiger partial charge in [-0.1, -0.05) is 13.8 Å². The molecule has 0 spiro atoms. The van der Waals surface area contributed by atoms with Gasteiger partial charge in [-0.2, -0.15) is 0 Å². The summed E-state index contributed by atoms with van der Waals surface area (Å²) in [5, 5.41) is 0. The van der Waals surface area contributed by atoms with Crippen LogP contribution in [0.5, 0.6) is 0 Å². The predicted octanol–water partition coefficient (Wildman–Crippen LogP) is 2.10. The number of aryl methyl sites for hydroxylation is 1. The van der Waals surface area contributed by atoms with Crippen molar-refractivity contribution in [3.63, 3.8) is 0 Å². The highest BCUT2D eigenvalue weighted by atomic mass is 14.9. The summed E-state index contributed by atoms with van der Waals surface area (Å²) in [6.07, 6.45) is 4.30. The van der Waals surface area contributed by atoms with Crippen LogP contribution in [-0.2, 0) is 6.42 Å². The first-order valence-corrected chi connectivity index (χ1v) is 4.31. The van der Waals surface area contributed by atoms with Crippen molar-refractivity contribution < 1.29 is 0 Å². The highest BCUT2D eigenvalue weighted by Crippen LogP contribution is 2.35. The van der Waals surface area contributed by atoms with Crippen LogP contribution >= 0.6 is 0 Å². The number of nitrogens with one attached hydrogen (secondary N) is 1. The SMILES string of the molecule is CC(C)C1CCc2[nH]cnc21. The number of hydrogen-bond donors (Lipinski definition) is 1. The van der Waals surface area contributed by atoms with Crippen molar-refractivity contribution >= 4 is 0 Å². The zero-order valence-corrected chi connectivity index (χ0v) is 7.09. The van der Waals surface area contributed by atoms with Crippen LogP contribution in [0.3, 0.4) is 0 Å². The number of aromatic nitrogens is 2. The summed E-state index contributed by atoms with van der Waals surface area (Å²) in [5.74, 6) is 1.44. The smallest absolute Gasteiger partial charge is 0.0925 e. The summed E-state index contributed by atoms with van der Waals surface area (Å²) in [6.45, 7) is 4.54. The molecule has 1 unspecified atom stereocenters. The Bertz CT molecular complexity index is 250. The summed E-state index contributed by atoms with van der Waals surface area (Å²) in [5.41, 5.74) is 2.68. The van der Waals surface area contributed by atoms with Gasteiger partial charge in [-0.15, -0.1) is 0 Å². The van der Waals surface area contributed by atoms with E-state index in [1.807, 2.05) is 6.33 Å². The van der Waals surface area contributed by atoms with E-state index in [0.29, 0.717) is 5.92 Å². The van der Waals surface area contributed by atoms with Crippen molar-refractivity contribution in [1.82, 2.24) is 9.97 Å². The Hall–Kier alpha value is -0.790. The maximum Gasteiger partial charge on any atom is 0.0925 e. The quantitative estimate of drug-likeness (QED) is 0.652. The molecule has 0 radical (unpaired) electrons. The third-order valence-electron chi connectivity index (χ3n) is 2.61. The van der Waals surface area contributed by atoms with E-state index < -0.39 is 0 Å². The highest BCUT2D eigenvalue weighted by molar-refractivity contribution is 5.22. The second-order valence-corrected chi connectivity index (χ2v) is 3.66. The van der Waals surface area contributed by atoms with E-state index in [9.17, 15) is 0 Å². The molecule has 0 fully saturated rings. The van der Waals surface area contributed by atoms with Crippen LogP contribution in [0.25, 0.3) is 0 Å². The lowest BCUT2D eigenvalue weighted by Gasteiger charge is -2.12. The van der Waals surface area contributed by atoms with Gasteiger partial charge in [0.05, 0.1) is 12.0 Å². The van der Waals surface area contributed by atoms with Crippen LogP contribution in [0.15, 0.2) is 6.33 Å². The maximum atomic E-state index is 4.34. The Morgan fingerprint density at radius 2 is 2.45 bits per heavy atom. The molecule has 1 aromatic heterocycles. The highest BCUT2D eigenvalue weighted by Gasteiger charge is 2.26. The molecule has 1 aliphatic rings. The Morgan fingerprint density at radius 1 is 1.64 bits per heavy atom. The Kier molecular flexibility index (Phi) is 1.48. The first kappa shape index (κ1) is 6.89. The molecular weight excluding hydrogens is 136 g/mol. The second kappa shape index (κ2) is 2.36. The molecular formula is C9H14N2. The summed E-state index contributed by atoms with van der Waals surface area (Å²) in [6, 6.07) is 0. The number of hydrogen-bond acceptors (Lipinski definition) is 1. The monoisotopic (exact) mass is 150 g/mol. The van der Waals surface area contributed by atoms with Crippen molar-refractivity contribution in [3.05, 3.63) is 17.7 Å². The van der Waals surface area contributed by atoms with Gasteiger partial charge < -0.3 is 4.98 Å². The molecule has 1 aliphatic carbocycles. The number of nitrogens with zero attached hydrogens (tertiary/aromatic N) is 1. The molecule has 60 valence electrons. The molecule has 2 rings (SSSR count). The molecule has 1 heterocycles. The van der Waals surface area contributed by atoms with Crippen molar-refractivity contribution in [2.75, 3.05) is 0 Å². The number of rotatable bonds is 1. The average Bonchev–Trinajstić information content (AvgIpc) is 2.41. The Labute approximate surface area is 67.0 Å². The van der Waals surface area contributed by atoms with Crippen molar-refractivity contribution in [3.8, 4) is 0 Å². The minimum absolute atomic E-state index is 0.705. The topological polar surface area (TPSA) is 28.7 Å². The molecule has 11 heavy (non-hydrogen) atoms. The van der Waals surface area contributed by atoms with E-state index in [4.69, 9.17) is 0 Å². The van der Waals surface area contributed by atoms with Gasteiger partial charge in [-0.05, 0) is 18.8 Å². The first-order chi connectivity index (χ1) is 5.29. The van der Waals surface area contributed by atoms with E-state index >= 15 is 0 Å². The van der Waals surface area contributed by atoms with Gasteiger partial charge >= 0.3 is 0 Å². The Morgan fingerprint density at radius 3 is 3.18 bits per heavy atom. The minimum Gasteiger partial charge on any atom is -0.348 e. The van der Waals surface area contributed by atoms with Gasteiger partial charge in [0.1, 0.15) is 0 Å². The van der Waals surface area contributed by atoms with Gasteiger partial charge in [0, 0.05) is 11.6 Å². The fourth-order valence-electron chi connectivity index (χ4n) is 1.94. The molecule has 0 saturated heterocycles. The third-order valence-corrected chi connectivity index (χ3v) is 2.61. The lowest BCUT2D eigenvalue weighted by atomic mass is 9.94. The maximum absolute atomic E-state index is 4.34. The molecule has 0 aromatic carbocycles. The predicted molar refractivity (Wildman–Crippen MR) is 44.5 cm³/mol. The zero-order valence-electron chi connectivity index (χ0n) is 7.09. The van der Waals surface area contributed by atoms with E-state index in [2.05, 4.69) is 23.8 Å². The van der Waals surface area contributed by atoms with Gasteiger partial charge in [0.15, 0.2) is 0 Å². The van der Waals surface area contributed by atoms with Gasteiger partial charge in [0.2, 0.25) is 0 Å². The minimum atomic E-state index is 0.705. The van der Waals surface area contributed by atoms with Crippen molar-refractivity contribution in [2.24, 2.45) is 5.92 Å². The van der Waals surface area contributed by atoms with Crippen molar-refractivity contribution in [2.45, 2.75) is 32.6 Å². The summed E-state index contributed by atoms with van der Waals surface area (Å²) < 4.78 is 0. The van der Waals surface area contributed by atoms with Crippen molar-refractivity contribution in [1.29, 1.82) is 0 Å². The third kappa shape index (κ3) is 0.971. The molecule has 0 amide bonds. The zero-order chi connectivity index (χ0) is 7.84. The lowest BCUT2D eigenvalue weighted by Crippen LogP contribution is -2.02. The largest absolute Gasteiger partial charge is 0.348 e. The summed E-state index contributed by atoms with van der Waals surface area (Å²) in [4.78, 5) is 7.54. The lowest BCUT2D eigenvalue weighted by molar-refractivity contribution is 0.487. The van der Waals surface area contributed by atoms with Crippen LogP contribution in [0.2, 0.25) is 0 Å². The number of aromatic amines is 1. The van der Waals surface area contributed by atoms with Gasteiger partial charge in [0.25, 0.3) is 0 Å². The normalized spacial score (nSPS) is 22.6. The standard InChI is InChI=1S/C9H14N2/c1-6(2)7-3-4-8-9(7)11-5-10-8/h5-7H,3-4H2,1-2H3,(H,10,11). The Balaban J connectivity index is 2.31. The molecule has 1 atom stereocenters. The number of H-pyrrole nitrogens is 1. The fourth-order valence-corrected chi connectivity index (χ4v) is 1.94. The summed E-state index contributed by atoms with van der Waals surface area (Å²) in [7, 11) is 0. The fraction of sp³-hybridized carbons (Fsp3) is 0.667. The van der Waals surface area contributed by atoms with E-state index in [1.165, 1.54) is 24.2 Å². The van der Waals surface area contributed by atoms with Crippen LogP contribution in [0.4, 0.5) is 0 Å². The van der Waals surface area contributed by atoms with Gasteiger partial charge in [-0.25, -0.2) is 4.98 Å². The number of imidazole rings is 1. The van der Waals surface area contributed by atoms with E-state index in [-0.39, 0.29) is 0 Å². The molecule has 0 aliphatic heterocycles. The average molecular weight is 150 g/mol. The van der Waals surface area contributed by atoms with E-state index in [1.54, 1.807) is 0 Å². The number of fused-ring (bicyclic) bond motifs is 1. The molecule has 2 nitrogen and oxygen atoms in total. The second-order valence-electron chi connectivity index (χ2n) is 3.66. The van der Waals surface area contributed by atoms with Crippen LogP contribution < -0.4 is 0 Å². The van der Waals surface area contributed by atoms with Gasteiger partial charge in [-0.3, -0.25) is 0 Å². The molecule has 0 bridgehead atoms. The van der Waals surface area contributed by atoms with Crippen LogP contribution in [0.1, 0.15) is 37.6 Å². The van der Waals surface area contributed by atoms with Crippen LogP contribution in [0, 0.1) is 5.92 Å². The van der Waals surface area contributed by atoms with E-state index in [0.717, 1.165) is 5.92 Å². The first-order valence-electron chi connectivity index (χ1n) is 4.31. The molecule has 1 N–H and O–H groups in total. The molecule has 2 heteroatoms. The van der Waals surface area contributed by atoms with Crippen LogP contribution in [-0.4, -0.2) is 9.97 Å². The summed E-state index contributed by atoms with van der Waals surface area (Å²) >= 11 is 0. The molecule has 1 aromatic rings. The molecule has 0 saturated carbocycles.